The molecule has 4 heterocycles. The second-order valence-corrected chi connectivity index (χ2v) is 6.79. The molecule has 0 saturated heterocycles. The Morgan fingerprint density at radius 3 is 2.61 bits per heavy atom. The van der Waals surface area contributed by atoms with Crippen LogP contribution in [0, 0.1) is 12.7 Å². The van der Waals surface area contributed by atoms with Crippen molar-refractivity contribution in [2.75, 3.05) is 0 Å². The third-order valence-electron chi connectivity index (χ3n) is 4.79. The number of aromatic hydroxyl groups is 2. The molecule has 10 heteroatoms. The molecule has 0 spiro atoms. The maximum atomic E-state index is 13.6. The first-order chi connectivity index (χ1) is 14.9. The van der Waals surface area contributed by atoms with E-state index in [1.54, 1.807) is 13.0 Å². The molecule has 9 nitrogen and oxygen atoms in total. The molecule has 154 valence electrons. The maximum absolute atomic E-state index is 13.6. The van der Waals surface area contributed by atoms with Gasteiger partial charge in [-0.2, -0.15) is 4.98 Å². The molecule has 0 radical (unpaired) electrons. The van der Waals surface area contributed by atoms with Crippen molar-refractivity contribution < 1.29 is 23.8 Å². The lowest BCUT2D eigenvalue weighted by Crippen LogP contribution is -2.06. The van der Waals surface area contributed by atoms with Crippen molar-refractivity contribution in [2.45, 2.75) is 6.92 Å². The largest absolute Gasteiger partial charge is 0.503 e. The summed E-state index contributed by atoms with van der Waals surface area (Å²) >= 11 is 0. The summed E-state index contributed by atoms with van der Waals surface area (Å²) in [6.45, 7) is 1.67. The summed E-state index contributed by atoms with van der Waals surface area (Å²) in [5, 5.41) is 21.4. The van der Waals surface area contributed by atoms with Crippen molar-refractivity contribution in [3.05, 3.63) is 71.8 Å². The van der Waals surface area contributed by atoms with Gasteiger partial charge < -0.3 is 19.6 Å². The molecule has 0 aliphatic rings. The highest BCUT2D eigenvalue weighted by Crippen LogP contribution is 2.43. The number of H-pyrrole nitrogens is 1. The van der Waals surface area contributed by atoms with Gasteiger partial charge in [0, 0.05) is 0 Å². The number of carbonyl (C=O) groups is 1. The number of hydrogen-bond acceptors (Lipinski definition) is 7. The summed E-state index contributed by atoms with van der Waals surface area (Å²) in [7, 11) is 0. The van der Waals surface area contributed by atoms with Crippen LogP contribution in [-0.4, -0.2) is 40.5 Å². The van der Waals surface area contributed by atoms with E-state index in [2.05, 4.69) is 19.9 Å². The number of furan rings is 1. The van der Waals surface area contributed by atoms with Gasteiger partial charge in [0.15, 0.2) is 17.2 Å². The molecule has 0 unspecified atom stereocenters. The highest BCUT2D eigenvalue weighted by atomic mass is 19.1. The summed E-state index contributed by atoms with van der Waals surface area (Å²) in [5.74, 6) is -2.05. The van der Waals surface area contributed by atoms with Crippen LogP contribution in [0.3, 0.4) is 0 Å². The average Bonchev–Trinajstić information content (AvgIpc) is 3.46. The first-order valence-electron chi connectivity index (χ1n) is 9.14. The Morgan fingerprint density at radius 2 is 1.90 bits per heavy atom. The van der Waals surface area contributed by atoms with Crippen LogP contribution < -0.4 is 0 Å². The van der Waals surface area contributed by atoms with E-state index in [0.29, 0.717) is 22.5 Å². The fourth-order valence-electron chi connectivity index (χ4n) is 3.35. The summed E-state index contributed by atoms with van der Waals surface area (Å²) in [4.78, 5) is 28.6. The van der Waals surface area contributed by atoms with E-state index in [-0.39, 0.29) is 23.0 Å². The summed E-state index contributed by atoms with van der Waals surface area (Å²) < 4.78 is 20.1. The molecule has 31 heavy (non-hydrogen) atoms. The van der Waals surface area contributed by atoms with E-state index in [9.17, 15) is 19.4 Å². The minimum Gasteiger partial charge on any atom is -0.503 e. The topological polar surface area (TPSA) is 130 Å². The highest BCUT2D eigenvalue weighted by Gasteiger charge is 2.32. The third kappa shape index (κ3) is 2.92. The number of ketones is 1. The Balaban J connectivity index is 1.81. The lowest BCUT2D eigenvalue weighted by Gasteiger charge is -2.10. The number of aromatic nitrogens is 5. The average molecular weight is 419 g/mol. The molecule has 5 aromatic rings. The molecule has 1 aromatic carbocycles. The van der Waals surface area contributed by atoms with Crippen LogP contribution in [0.4, 0.5) is 4.39 Å². The Bertz CT molecular complexity index is 1450. The van der Waals surface area contributed by atoms with Gasteiger partial charge in [0.25, 0.3) is 0 Å². The normalized spacial score (nSPS) is 11.3. The van der Waals surface area contributed by atoms with Gasteiger partial charge in [0.2, 0.25) is 17.6 Å². The standard InChI is InChI=1S/C21H14FN5O4/c1-10-2-7-14(31-10)17(28)15-16(11-3-5-12(22)6-4-11)27(20(30)18(15)29)21-23-8-13-19(26-21)25-9-24-13/h2-9,29-30H,1H3,(H,23,24,25,26). The number of aryl methyl sites for hydroxylation is 1. The molecule has 0 fully saturated rings. The number of nitrogens with one attached hydrogen (secondary N) is 1. The van der Waals surface area contributed by atoms with E-state index >= 15 is 0 Å². The number of carbonyl (C=O) groups excluding carboxylic acids is 1. The van der Waals surface area contributed by atoms with Gasteiger partial charge in [-0.3, -0.25) is 4.79 Å². The fourth-order valence-corrected chi connectivity index (χ4v) is 3.35. The van der Waals surface area contributed by atoms with Crippen LogP contribution in [0.25, 0.3) is 28.4 Å². The molecular formula is C21H14FN5O4. The smallest absolute Gasteiger partial charge is 0.243 e. The Kier molecular flexibility index (Phi) is 4.07. The van der Waals surface area contributed by atoms with E-state index in [1.807, 2.05) is 0 Å². The predicted molar refractivity (Wildman–Crippen MR) is 107 cm³/mol. The molecule has 5 rings (SSSR count). The van der Waals surface area contributed by atoms with Crippen LogP contribution >= 0.6 is 0 Å². The second kappa shape index (κ2) is 6.80. The van der Waals surface area contributed by atoms with E-state index in [4.69, 9.17) is 4.42 Å². The number of fused-ring (bicyclic) bond motifs is 1. The first-order valence-corrected chi connectivity index (χ1v) is 9.14. The number of hydrogen-bond donors (Lipinski definition) is 3. The summed E-state index contributed by atoms with van der Waals surface area (Å²) in [6, 6.07) is 8.29. The molecule has 0 bridgehead atoms. The van der Waals surface area contributed by atoms with Gasteiger partial charge in [0.1, 0.15) is 17.1 Å². The lowest BCUT2D eigenvalue weighted by atomic mass is 10.0. The van der Waals surface area contributed by atoms with Crippen LogP contribution in [0.1, 0.15) is 21.9 Å². The quantitative estimate of drug-likeness (QED) is 0.380. The summed E-state index contributed by atoms with van der Waals surface area (Å²) in [5.41, 5.74) is 1.06. The molecule has 0 saturated carbocycles. The van der Waals surface area contributed by atoms with Gasteiger partial charge >= 0.3 is 0 Å². The highest BCUT2D eigenvalue weighted by molar-refractivity contribution is 6.13. The Labute approximate surface area is 173 Å². The molecule has 0 atom stereocenters. The fraction of sp³-hybridized carbons (Fsp3) is 0.0476. The molecule has 0 aliphatic heterocycles. The SMILES string of the molecule is Cc1ccc(C(=O)c2c(O)c(O)n(-c3ncc4[nH]cnc4n3)c2-c2ccc(F)cc2)o1. The minimum absolute atomic E-state index is 0.0306. The second-order valence-electron chi connectivity index (χ2n) is 6.79. The van der Waals surface area contributed by atoms with Gasteiger partial charge in [-0.15, -0.1) is 0 Å². The van der Waals surface area contributed by atoms with E-state index < -0.39 is 23.2 Å². The van der Waals surface area contributed by atoms with Crippen molar-refractivity contribution in [2.24, 2.45) is 0 Å². The zero-order chi connectivity index (χ0) is 21.7. The van der Waals surface area contributed by atoms with Gasteiger partial charge in [-0.1, -0.05) is 0 Å². The van der Waals surface area contributed by atoms with Crippen LogP contribution in [0.2, 0.25) is 0 Å². The Morgan fingerprint density at radius 1 is 1.13 bits per heavy atom. The van der Waals surface area contributed by atoms with Gasteiger partial charge in [0.05, 0.1) is 23.8 Å². The van der Waals surface area contributed by atoms with Crippen LogP contribution in [0.15, 0.2) is 53.3 Å². The number of aromatic amines is 1. The number of halogens is 1. The van der Waals surface area contributed by atoms with Crippen molar-refractivity contribution in [1.82, 2.24) is 24.5 Å². The first kappa shape index (κ1) is 18.6. The zero-order valence-electron chi connectivity index (χ0n) is 16.0. The molecule has 0 amide bonds. The van der Waals surface area contributed by atoms with Crippen LogP contribution in [-0.2, 0) is 0 Å². The zero-order valence-corrected chi connectivity index (χ0v) is 16.0. The van der Waals surface area contributed by atoms with Gasteiger partial charge in [-0.05, 0) is 48.9 Å². The maximum Gasteiger partial charge on any atom is 0.243 e. The Hall–Kier alpha value is -4.47. The van der Waals surface area contributed by atoms with Gasteiger partial charge in [-0.25, -0.2) is 18.9 Å². The molecule has 4 aromatic heterocycles. The van der Waals surface area contributed by atoms with Crippen molar-refractivity contribution in [3.8, 4) is 28.8 Å². The van der Waals surface area contributed by atoms with Crippen molar-refractivity contribution >= 4 is 16.9 Å². The molecule has 3 N–H and O–H groups in total. The predicted octanol–water partition coefficient (Wildman–Crippen LogP) is 3.49. The lowest BCUT2D eigenvalue weighted by molar-refractivity contribution is 0.101. The van der Waals surface area contributed by atoms with Crippen molar-refractivity contribution in [3.63, 3.8) is 0 Å². The number of nitrogens with zero attached hydrogens (tertiary/aromatic N) is 4. The number of benzene rings is 1. The van der Waals surface area contributed by atoms with Crippen molar-refractivity contribution in [1.29, 1.82) is 0 Å². The van der Waals surface area contributed by atoms with E-state index in [1.165, 1.54) is 42.9 Å². The monoisotopic (exact) mass is 419 g/mol. The molecular weight excluding hydrogens is 405 g/mol. The number of imidazole rings is 1. The third-order valence-corrected chi connectivity index (χ3v) is 4.79. The van der Waals surface area contributed by atoms with E-state index in [0.717, 1.165) is 4.57 Å². The van der Waals surface area contributed by atoms with Crippen LogP contribution in [0.5, 0.6) is 11.6 Å². The molecule has 0 aliphatic carbocycles. The minimum atomic E-state index is -0.677. The summed E-state index contributed by atoms with van der Waals surface area (Å²) in [6.07, 6.45) is 2.89. The number of rotatable bonds is 4.